The van der Waals surface area contributed by atoms with E-state index in [4.69, 9.17) is 10.5 Å². The van der Waals surface area contributed by atoms with Crippen LogP contribution in [0.25, 0.3) is 11.5 Å². The zero-order valence-electron chi connectivity index (χ0n) is 19.4. The molecule has 0 bridgehead atoms. The number of hydrogen-bond acceptors (Lipinski definition) is 9. The first-order valence-corrected chi connectivity index (χ1v) is 11.6. The summed E-state index contributed by atoms with van der Waals surface area (Å²) in [4.78, 5) is 15.7. The Morgan fingerprint density at radius 2 is 1.88 bits per heavy atom. The fourth-order valence-electron chi connectivity index (χ4n) is 3.91. The monoisotopic (exact) mass is 451 g/mol. The molecule has 1 aliphatic heterocycles. The second-order valence-electron chi connectivity index (χ2n) is 8.08. The second kappa shape index (κ2) is 11.0. The van der Waals surface area contributed by atoms with Crippen molar-refractivity contribution in [2.24, 2.45) is 0 Å². The van der Waals surface area contributed by atoms with Gasteiger partial charge in [-0.2, -0.15) is 19.5 Å². The molecule has 1 fully saturated rings. The molecule has 4 rings (SSSR count). The highest BCUT2D eigenvalue weighted by Gasteiger charge is 2.14. The van der Waals surface area contributed by atoms with Crippen molar-refractivity contribution in [3.63, 3.8) is 0 Å². The third-order valence-electron chi connectivity index (χ3n) is 5.67. The van der Waals surface area contributed by atoms with Crippen molar-refractivity contribution in [3.05, 3.63) is 41.7 Å². The molecule has 4 N–H and O–H groups in total. The zero-order valence-corrected chi connectivity index (χ0v) is 19.4. The first kappa shape index (κ1) is 22.8. The molecule has 3 heterocycles. The van der Waals surface area contributed by atoms with Crippen molar-refractivity contribution in [2.45, 2.75) is 32.6 Å². The van der Waals surface area contributed by atoms with Gasteiger partial charge in [0.15, 0.2) is 5.76 Å². The Labute approximate surface area is 194 Å². The van der Waals surface area contributed by atoms with Gasteiger partial charge in [0.25, 0.3) is 5.78 Å². The van der Waals surface area contributed by atoms with E-state index >= 15 is 0 Å². The number of hydrogen-bond donors (Lipinski definition) is 3. The number of nitrogens with two attached hydrogens (primary N) is 1. The van der Waals surface area contributed by atoms with Crippen molar-refractivity contribution in [2.75, 3.05) is 56.2 Å². The van der Waals surface area contributed by atoms with Gasteiger partial charge in [0.2, 0.25) is 17.7 Å². The molecule has 33 heavy (non-hydrogen) atoms. The molecule has 176 valence electrons. The number of methoxy groups -OCH3 is 1. The maximum absolute atomic E-state index is 6.06. The Kier molecular flexibility index (Phi) is 7.56. The molecule has 0 aliphatic carbocycles. The van der Waals surface area contributed by atoms with E-state index < -0.39 is 0 Å². The summed E-state index contributed by atoms with van der Waals surface area (Å²) in [6, 6.07) is 8.56. The molecule has 1 aromatic carbocycles. The van der Waals surface area contributed by atoms with Gasteiger partial charge < -0.3 is 26.0 Å². The van der Waals surface area contributed by atoms with Crippen LogP contribution < -0.4 is 16.4 Å². The van der Waals surface area contributed by atoms with E-state index in [1.807, 2.05) is 13.0 Å². The van der Waals surface area contributed by atoms with Gasteiger partial charge in [-0.05, 0) is 62.5 Å². The number of nitrogens with zero attached hydrogens (tertiary/aromatic N) is 6. The van der Waals surface area contributed by atoms with E-state index in [-0.39, 0.29) is 5.95 Å². The van der Waals surface area contributed by atoms with Crippen molar-refractivity contribution in [1.82, 2.24) is 29.5 Å². The molecule has 0 saturated carbocycles. The number of anilines is 3. The van der Waals surface area contributed by atoms with Crippen LogP contribution in [0.2, 0.25) is 0 Å². The molecule has 1 saturated heterocycles. The highest BCUT2D eigenvalue weighted by atomic mass is 16.5. The summed E-state index contributed by atoms with van der Waals surface area (Å²) < 4.78 is 6.77. The first-order chi connectivity index (χ1) is 16.2. The zero-order chi connectivity index (χ0) is 23.0. The highest BCUT2D eigenvalue weighted by molar-refractivity contribution is 5.55. The van der Waals surface area contributed by atoms with Gasteiger partial charge in [-0.3, -0.25) is 0 Å². The average Bonchev–Trinajstić information content (AvgIpc) is 3.49. The molecular weight excluding hydrogens is 418 g/mol. The number of ether oxygens (including phenoxy) is 1. The van der Waals surface area contributed by atoms with Gasteiger partial charge in [-0.1, -0.05) is 19.1 Å². The minimum absolute atomic E-state index is 0.220. The summed E-state index contributed by atoms with van der Waals surface area (Å²) >= 11 is 0. The maximum atomic E-state index is 6.06. The third-order valence-corrected chi connectivity index (χ3v) is 5.67. The molecule has 10 heteroatoms. The predicted molar refractivity (Wildman–Crippen MR) is 131 cm³/mol. The topological polar surface area (TPSA) is 119 Å². The number of fused-ring (bicyclic) bond motifs is 1. The number of rotatable bonds is 11. The third kappa shape index (κ3) is 5.89. The molecule has 0 atom stereocenters. The Morgan fingerprint density at radius 1 is 1.09 bits per heavy atom. The van der Waals surface area contributed by atoms with Gasteiger partial charge in [0.1, 0.15) is 0 Å². The van der Waals surface area contributed by atoms with Crippen LogP contribution in [0, 0.1) is 0 Å². The van der Waals surface area contributed by atoms with Crippen LogP contribution in [-0.2, 0) is 11.2 Å². The van der Waals surface area contributed by atoms with Crippen LogP contribution in [0.15, 0.2) is 30.3 Å². The smallest absolute Gasteiger partial charge is 0.259 e. The van der Waals surface area contributed by atoms with Crippen LogP contribution >= 0.6 is 0 Å². The van der Waals surface area contributed by atoms with E-state index in [1.54, 1.807) is 7.11 Å². The van der Waals surface area contributed by atoms with Crippen LogP contribution in [-0.4, -0.2) is 69.3 Å². The largest absolute Gasteiger partial charge is 0.493 e. The molecule has 0 amide bonds. The summed E-state index contributed by atoms with van der Waals surface area (Å²) in [5.74, 6) is 2.05. The van der Waals surface area contributed by atoms with Gasteiger partial charge >= 0.3 is 0 Å². The van der Waals surface area contributed by atoms with Gasteiger partial charge in [0.05, 0.1) is 7.11 Å². The number of allylic oxidation sites excluding steroid dienone is 1. The fraction of sp³-hybridized carbons (Fsp3) is 0.478. The Morgan fingerprint density at radius 3 is 2.61 bits per heavy atom. The summed E-state index contributed by atoms with van der Waals surface area (Å²) in [6.45, 7) is 7.25. The van der Waals surface area contributed by atoms with Crippen LogP contribution in [0.4, 0.5) is 17.6 Å². The normalized spacial score (nSPS) is 14.7. The van der Waals surface area contributed by atoms with Crippen LogP contribution in [0.5, 0.6) is 0 Å². The van der Waals surface area contributed by atoms with E-state index in [9.17, 15) is 0 Å². The highest BCUT2D eigenvalue weighted by Crippen LogP contribution is 2.15. The van der Waals surface area contributed by atoms with E-state index in [0.717, 1.165) is 31.6 Å². The Hall–Kier alpha value is -3.40. The quantitative estimate of drug-likeness (QED) is 0.378. The Balaban J connectivity index is 1.29. The fourth-order valence-corrected chi connectivity index (χ4v) is 3.91. The summed E-state index contributed by atoms with van der Waals surface area (Å²) in [6.07, 6.45) is 6.22. The van der Waals surface area contributed by atoms with E-state index in [2.05, 4.69) is 59.8 Å². The molecule has 0 unspecified atom stereocenters. The molecule has 1 aliphatic rings. The standard InChI is InChI=1S/C23H33N9O/c1-3-6-19(33-2)20-27-23-29-22(28-21(24)32(23)30-20)26-12-11-17-7-9-18(10-8-17)25-13-16-31-14-4-5-15-31/h6-10,25H,3-5,11-16H2,1-2H3,(H3,24,26,27,28,29,30)/b19-6-. The lowest BCUT2D eigenvalue weighted by Gasteiger charge is -2.15. The van der Waals surface area contributed by atoms with Crippen molar-refractivity contribution < 1.29 is 4.74 Å². The lowest BCUT2D eigenvalue weighted by molar-refractivity contribution is 0.352. The average molecular weight is 452 g/mol. The minimum Gasteiger partial charge on any atom is -0.493 e. The summed E-state index contributed by atoms with van der Waals surface area (Å²) in [5, 5.41) is 11.1. The number of nitrogen functional groups attached to an aromatic ring is 1. The van der Waals surface area contributed by atoms with Gasteiger partial charge in [-0.15, -0.1) is 5.10 Å². The summed E-state index contributed by atoms with van der Waals surface area (Å²) in [5.41, 5.74) is 8.46. The van der Waals surface area contributed by atoms with Crippen molar-refractivity contribution >= 4 is 29.1 Å². The van der Waals surface area contributed by atoms with Crippen LogP contribution in [0.1, 0.15) is 37.6 Å². The first-order valence-electron chi connectivity index (χ1n) is 11.6. The van der Waals surface area contributed by atoms with E-state index in [1.165, 1.54) is 36.0 Å². The molecule has 2 aromatic heterocycles. The molecule has 10 nitrogen and oxygen atoms in total. The SMILES string of the molecule is CC/C=C(\OC)c1nc2nc(NCCc3ccc(NCCN4CCCC4)cc3)nc(N)n2n1. The predicted octanol–water partition coefficient (Wildman–Crippen LogP) is 2.66. The Bertz CT molecular complexity index is 1070. The molecule has 0 spiro atoms. The molecular formula is C23H33N9O. The summed E-state index contributed by atoms with van der Waals surface area (Å²) in [7, 11) is 1.59. The van der Waals surface area contributed by atoms with Crippen molar-refractivity contribution in [1.29, 1.82) is 0 Å². The number of benzene rings is 1. The second-order valence-corrected chi connectivity index (χ2v) is 8.08. The molecule has 0 radical (unpaired) electrons. The lowest BCUT2D eigenvalue weighted by atomic mass is 10.1. The number of likely N-dealkylation sites (tertiary alicyclic amines) is 1. The number of nitrogens with one attached hydrogen (secondary N) is 2. The lowest BCUT2D eigenvalue weighted by Crippen LogP contribution is -2.25. The van der Waals surface area contributed by atoms with Crippen LogP contribution in [0.3, 0.4) is 0 Å². The molecule has 3 aromatic rings. The van der Waals surface area contributed by atoms with Gasteiger partial charge in [0, 0.05) is 25.3 Å². The van der Waals surface area contributed by atoms with E-state index in [0.29, 0.717) is 29.9 Å². The number of aromatic nitrogens is 5. The van der Waals surface area contributed by atoms with Gasteiger partial charge in [-0.25, -0.2) is 0 Å². The minimum atomic E-state index is 0.220. The van der Waals surface area contributed by atoms with Crippen molar-refractivity contribution in [3.8, 4) is 0 Å². The maximum Gasteiger partial charge on any atom is 0.259 e.